The summed E-state index contributed by atoms with van der Waals surface area (Å²) >= 11 is 0. The number of halogens is 1. The molecule has 0 amide bonds. The number of aromatic nitrogens is 7. The minimum absolute atomic E-state index is 0.365. The molecule has 6 rings (SSSR count). The molecule has 0 fully saturated rings. The highest BCUT2D eigenvalue weighted by atomic mass is 19.1. The topological polar surface area (TPSA) is 73.8 Å². The normalized spacial score (nSPS) is 11.4. The fourth-order valence-electron chi connectivity index (χ4n) is 3.83. The van der Waals surface area contributed by atoms with Crippen LogP contribution in [0, 0.1) is 5.82 Å². The van der Waals surface area contributed by atoms with Crippen molar-refractivity contribution in [3.8, 4) is 16.9 Å². The highest BCUT2D eigenvalue weighted by Crippen LogP contribution is 2.27. The lowest BCUT2D eigenvalue weighted by atomic mass is 10.0. The van der Waals surface area contributed by atoms with Crippen LogP contribution >= 0.6 is 0 Å². The smallest absolute Gasteiger partial charge is 0.250 e. The first-order valence-electron chi connectivity index (χ1n) is 10.1. The molecular weight excluding hydrogens is 405 g/mol. The lowest BCUT2D eigenvalue weighted by molar-refractivity contribution is 0.618. The molecule has 4 heterocycles. The van der Waals surface area contributed by atoms with E-state index in [0.29, 0.717) is 29.1 Å². The van der Waals surface area contributed by atoms with Crippen LogP contribution in [0.1, 0.15) is 11.3 Å². The van der Waals surface area contributed by atoms with Gasteiger partial charge in [-0.2, -0.15) is 5.10 Å². The maximum absolute atomic E-state index is 15.0. The van der Waals surface area contributed by atoms with E-state index in [-0.39, 0.29) is 5.82 Å². The van der Waals surface area contributed by atoms with E-state index in [1.54, 1.807) is 52.5 Å². The molecular formula is C24H16FN7. The van der Waals surface area contributed by atoms with Crippen molar-refractivity contribution in [1.29, 1.82) is 0 Å². The molecule has 0 atom stereocenters. The fraction of sp³-hybridized carbons (Fsp3) is 0.0417. The first kappa shape index (κ1) is 18.3. The number of fused-ring (bicyclic) bond motifs is 2. The van der Waals surface area contributed by atoms with Crippen LogP contribution in [0.2, 0.25) is 0 Å². The molecule has 154 valence electrons. The average molecular weight is 421 g/mol. The Bertz CT molecular complexity index is 1570. The third kappa shape index (κ3) is 3.18. The van der Waals surface area contributed by atoms with Gasteiger partial charge in [0.05, 0.1) is 29.4 Å². The molecule has 7 nitrogen and oxygen atoms in total. The Morgan fingerprint density at radius 1 is 0.906 bits per heavy atom. The van der Waals surface area contributed by atoms with Gasteiger partial charge in [0.15, 0.2) is 0 Å². The highest BCUT2D eigenvalue weighted by molar-refractivity contribution is 5.79. The minimum Gasteiger partial charge on any atom is -0.303 e. The monoisotopic (exact) mass is 421 g/mol. The largest absolute Gasteiger partial charge is 0.303 e. The van der Waals surface area contributed by atoms with Crippen LogP contribution in [0.15, 0.2) is 85.8 Å². The van der Waals surface area contributed by atoms with E-state index < -0.39 is 0 Å². The Kier molecular flexibility index (Phi) is 4.21. The molecule has 0 radical (unpaired) electrons. The second kappa shape index (κ2) is 7.35. The Hall–Kier alpha value is -4.46. The van der Waals surface area contributed by atoms with Gasteiger partial charge in [-0.05, 0) is 35.9 Å². The van der Waals surface area contributed by atoms with Crippen molar-refractivity contribution in [2.75, 3.05) is 0 Å². The quantitative estimate of drug-likeness (QED) is 0.425. The summed E-state index contributed by atoms with van der Waals surface area (Å²) in [5, 5.41) is 5.74. The number of rotatable bonds is 4. The fourth-order valence-corrected chi connectivity index (χ4v) is 3.83. The van der Waals surface area contributed by atoms with Crippen molar-refractivity contribution in [2.24, 2.45) is 0 Å². The minimum atomic E-state index is -0.365. The number of pyridine rings is 1. The van der Waals surface area contributed by atoms with Crippen LogP contribution in [-0.4, -0.2) is 34.1 Å². The first-order chi connectivity index (χ1) is 15.7. The van der Waals surface area contributed by atoms with Crippen molar-refractivity contribution in [1.82, 2.24) is 34.1 Å². The lowest BCUT2D eigenvalue weighted by Gasteiger charge is -2.11. The van der Waals surface area contributed by atoms with Crippen LogP contribution in [0.3, 0.4) is 0 Å². The first-order valence-corrected chi connectivity index (χ1v) is 10.1. The molecule has 0 aliphatic rings. The molecule has 0 bridgehead atoms. The van der Waals surface area contributed by atoms with E-state index in [2.05, 4.69) is 21.0 Å². The molecule has 0 saturated heterocycles. The number of benzene rings is 2. The third-order valence-electron chi connectivity index (χ3n) is 5.36. The van der Waals surface area contributed by atoms with E-state index in [9.17, 15) is 4.39 Å². The lowest BCUT2D eigenvalue weighted by Crippen LogP contribution is -2.05. The van der Waals surface area contributed by atoms with Gasteiger partial charge < -0.3 is 4.57 Å². The van der Waals surface area contributed by atoms with Crippen LogP contribution in [0.25, 0.3) is 33.6 Å². The molecule has 6 aromatic rings. The standard InChI is InChI=1S/C24H16FN7/c25-19-14-18(4-6-22(19)31-10-8-26-15-31)23-21(29-24-28-9-11-32(24)30-23)13-16-3-5-20-17(12-16)2-1-7-27-20/h1-12,14-15H,13H2. The van der Waals surface area contributed by atoms with Crippen LogP contribution < -0.4 is 0 Å². The molecule has 4 aromatic heterocycles. The highest BCUT2D eigenvalue weighted by Gasteiger charge is 2.15. The van der Waals surface area contributed by atoms with Crippen LogP contribution in [0.5, 0.6) is 0 Å². The van der Waals surface area contributed by atoms with Crippen molar-refractivity contribution in [3.63, 3.8) is 0 Å². The number of hydrogen-bond acceptors (Lipinski definition) is 5. The molecule has 0 spiro atoms. The molecule has 2 aromatic carbocycles. The summed E-state index contributed by atoms with van der Waals surface area (Å²) in [4.78, 5) is 17.4. The second-order valence-electron chi connectivity index (χ2n) is 7.42. The molecule has 8 heteroatoms. The van der Waals surface area contributed by atoms with Crippen molar-refractivity contribution in [3.05, 3.63) is 103 Å². The SMILES string of the molecule is Fc1cc(-c2nn3ccnc3nc2Cc2ccc3ncccc3c2)ccc1-n1ccnc1. The maximum Gasteiger partial charge on any atom is 0.250 e. The molecule has 0 aliphatic heterocycles. The second-order valence-corrected chi connectivity index (χ2v) is 7.42. The Morgan fingerprint density at radius 3 is 2.75 bits per heavy atom. The molecule has 32 heavy (non-hydrogen) atoms. The van der Waals surface area contributed by atoms with Crippen molar-refractivity contribution < 1.29 is 4.39 Å². The van der Waals surface area contributed by atoms with Gasteiger partial charge in [-0.1, -0.05) is 18.2 Å². The van der Waals surface area contributed by atoms with Gasteiger partial charge in [-0.25, -0.2) is 23.9 Å². The summed E-state index contributed by atoms with van der Waals surface area (Å²) in [6.07, 6.45) is 10.6. The molecule has 0 unspecified atom stereocenters. The van der Waals surface area contributed by atoms with Crippen molar-refractivity contribution in [2.45, 2.75) is 6.42 Å². The summed E-state index contributed by atoms with van der Waals surface area (Å²) in [6.45, 7) is 0. The van der Waals surface area contributed by atoms with Gasteiger partial charge >= 0.3 is 0 Å². The van der Waals surface area contributed by atoms with Gasteiger partial charge in [0.25, 0.3) is 5.78 Å². The van der Waals surface area contributed by atoms with Crippen LogP contribution in [0.4, 0.5) is 4.39 Å². The van der Waals surface area contributed by atoms with Gasteiger partial charge in [-0.15, -0.1) is 0 Å². The van der Waals surface area contributed by atoms with E-state index in [0.717, 1.165) is 22.2 Å². The van der Waals surface area contributed by atoms with E-state index in [1.165, 1.54) is 6.07 Å². The van der Waals surface area contributed by atoms with Gasteiger partial charge in [0.2, 0.25) is 0 Å². The van der Waals surface area contributed by atoms with Crippen molar-refractivity contribution >= 4 is 16.7 Å². The van der Waals surface area contributed by atoms with Gasteiger partial charge in [0.1, 0.15) is 11.5 Å². The Labute approximate surface area is 181 Å². The molecule has 0 N–H and O–H groups in total. The summed E-state index contributed by atoms with van der Waals surface area (Å²) in [5.41, 5.74) is 4.40. The summed E-state index contributed by atoms with van der Waals surface area (Å²) in [5.74, 6) is 0.137. The van der Waals surface area contributed by atoms with Crippen LogP contribution in [-0.2, 0) is 6.42 Å². The van der Waals surface area contributed by atoms with E-state index in [4.69, 9.17) is 10.1 Å². The summed E-state index contributed by atoms with van der Waals surface area (Å²) in [7, 11) is 0. The zero-order valence-corrected chi connectivity index (χ0v) is 16.8. The zero-order valence-electron chi connectivity index (χ0n) is 16.8. The molecule has 0 aliphatic carbocycles. The van der Waals surface area contributed by atoms with Gasteiger partial charge in [0, 0.05) is 42.2 Å². The molecule has 0 saturated carbocycles. The average Bonchev–Trinajstić information content (AvgIpc) is 3.50. The van der Waals surface area contributed by atoms with E-state index >= 15 is 0 Å². The Morgan fingerprint density at radius 2 is 1.88 bits per heavy atom. The number of imidazole rings is 2. The van der Waals surface area contributed by atoms with Gasteiger partial charge in [-0.3, -0.25) is 4.98 Å². The predicted octanol–water partition coefficient (Wildman–Crippen LogP) is 4.26. The third-order valence-corrected chi connectivity index (χ3v) is 5.36. The zero-order chi connectivity index (χ0) is 21.5. The van der Waals surface area contributed by atoms with E-state index in [1.807, 2.05) is 30.3 Å². The predicted molar refractivity (Wildman–Crippen MR) is 118 cm³/mol. The Balaban J connectivity index is 1.46. The summed E-state index contributed by atoms with van der Waals surface area (Å²) in [6, 6.07) is 15.1. The maximum atomic E-state index is 15.0. The number of nitrogens with zero attached hydrogens (tertiary/aromatic N) is 7. The summed E-state index contributed by atoms with van der Waals surface area (Å²) < 4.78 is 18.2. The number of hydrogen-bond donors (Lipinski definition) is 0.